The zero-order chi connectivity index (χ0) is 33.5. The molecule has 0 unspecified atom stereocenters. The van der Waals surface area contributed by atoms with Crippen LogP contribution in [0, 0.1) is 17.9 Å². The highest BCUT2D eigenvalue weighted by molar-refractivity contribution is 5.94. The van der Waals surface area contributed by atoms with Crippen LogP contribution >= 0.6 is 0 Å². The Morgan fingerprint density at radius 2 is 1.22 bits per heavy atom. The summed E-state index contributed by atoms with van der Waals surface area (Å²) in [6.07, 6.45) is 0. The second kappa shape index (κ2) is 11.8. The molecule has 5 heteroatoms. The number of benzene rings is 6. The van der Waals surface area contributed by atoms with Crippen molar-refractivity contribution in [2.24, 2.45) is 0 Å². The Balaban J connectivity index is 1.34. The zero-order valence-electron chi connectivity index (χ0n) is 27.2. The molecule has 2 heterocycles. The number of anilines is 3. The van der Waals surface area contributed by atoms with Gasteiger partial charge in [0.05, 0.1) is 35.3 Å². The third-order valence-corrected chi connectivity index (χ3v) is 9.46. The molecule has 8 rings (SSSR count). The van der Waals surface area contributed by atoms with E-state index in [1.807, 2.05) is 66.7 Å². The average molecular weight is 630 g/mol. The van der Waals surface area contributed by atoms with Crippen molar-refractivity contribution in [3.63, 3.8) is 0 Å². The molecule has 6 aromatic carbocycles. The van der Waals surface area contributed by atoms with E-state index < -0.39 is 5.41 Å². The first-order valence-corrected chi connectivity index (χ1v) is 16.2. The molecule has 0 amide bonds. The minimum atomic E-state index is -0.407. The lowest BCUT2D eigenvalue weighted by molar-refractivity contribution is 0.632. The Bertz CT molecular complexity index is 2340. The highest BCUT2D eigenvalue weighted by Gasteiger charge is 2.37. The molecule has 232 valence electrons. The first-order chi connectivity index (χ1) is 24.0. The van der Waals surface area contributed by atoms with Gasteiger partial charge in [0, 0.05) is 33.5 Å². The molecule has 0 fully saturated rings. The lowest BCUT2D eigenvalue weighted by Gasteiger charge is -2.42. The van der Waals surface area contributed by atoms with E-state index in [1.54, 1.807) is 0 Å². The van der Waals surface area contributed by atoms with Crippen molar-refractivity contribution in [2.45, 2.75) is 19.3 Å². The molecular formula is C44H31N5. The van der Waals surface area contributed by atoms with Gasteiger partial charge in [-0.1, -0.05) is 117 Å². The topological polar surface area (TPSA) is 49.2 Å². The quantitative estimate of drug-likeness (QED) is 0.178. The smallest absolute Gasteiger partial charge is 0.187 e. The van der Waals surface area contributed by atoms with Crippen LogP contribution in [-0.4, -0.2) is 9.78 Å². The van der Waals surface area contributed by atoms with Crippen molar-refractivity contribution >= 4 is 22.7 Å². The van der Waals surface area contributed by atoms with Crippen LogP contribution in [0.4, 0.5) is 22.7 Å². The number of hydrogen-bond donors (Lipinski definition) is 0. The molecule has 0 radical (unpaired) electrons. The molecule has 0 bridgehead atoms. The van der Waals surface area contributed by atoms with Crippen LogP contribution in [0.2, 0.25) is 0 Å². The van der Waals surface area contributed by atoms with E-state index in [-0.39, 0.29) is 0 Å². The molecule has 0 aliphatic carbocycles. The average Bonchev–Trinajstić information content (AvgIpc) is 3.57. The summed E-state index contributed by atoms with van der Waals surface area (Å²) in [6, 6.07) is 53.9. The number of nitrogens with zero attached hydrogens (tertiary/aromatic N) is 5. The largest absolute Gasteiger partial charge is 0.310 e. The number of rotatable bonds is 5. The van der Waals surface area contributed by atoms with Crippen LogP contribution in [0.1, 0.15) is 30.5 Å². The minimum absolute atomic E-state index is 0.407. The van der Waals surface area contributed by atoms with E-state index >= 15 is 0 Å². The van der Waals surface area contributed by atoms with E-state index in [0.717, 1.165) is 67.5 Å². The number of aromatic nitrogens is 2. The van der Waals surface area contributed by atoms with E-state index in [1.165, 1.54) is 0 Å². The standard InChI is InChI=1S/C44H31N5/c1-44(2)37-27-30(29-45)19-25-39(37)48(40-26-22-34(46-3)28-38(40)44)35-23-20-31(21-24-35)41-42(32-13-7-4-8-14-32)47-49(36-17-11-6-12-18-36)43(41)33-15-9-5-10-16-33/h4-28H,1-2H3. The Morgan fingerprint density at radius 1 is 0.633 bits per heavy atom. The molecule has 5 nitrogen and oxygen atoms in total. The van der Waals surface area contributed by atoms with Gasteiger partial charge in [-0.15, -0.1) is 0 Å². The van der Waals surface area contributed by atoms with Gasteiger partial charge in [-0.2, -0.15) is 10.4 Å². The summed E-state index contributed by atoms with van der Waals surface area (Å²) in [5.41, 5.74) is 13.1. The SMILES string of the molecule is [C-]#[N+]c1ccc2c(c1)C(C)(C)c1cc(C#N)ccc1N2c1ccc(-c2c(-c3ccccc3)nn(-c3ccccc3)c2-c2ccccc2)cc1. The molecule has 0 saturated heterocycles. The predicted octanol–water partition coefficient (Wildman–Crippen LogP) is 11.4. The highest BCUT2D eigenvalue weighted by Crippen LogP contribution is 2.53. The van der Waals surface area contributed by atoms with E-state index in [0.29, 0.717) is 11.3 Å². The van der Waals surface area contributed by atoms with Crippen molar-refractivity contribution in [3.05, 3.63) is 180 Å². The maximum Gasteiger partial charge on any atom is 0.187 e. The van der Waals surface area contributed by atoms with Gasteiger partial charge in [-0.25, -0.2) is 9.53 Å². The van der Waals surface area contributed by atoms with Crippen LogP contribution in [0.5, 0.6) is 0 Å². The summed E-state index contributed by atoms with van der Waals surface area (Å²) in [5, 5.41) is 15.1. The fraction of sp³-hybridized carbons (Fsp3) is 0.0682. The Kier molecular flexibility index (Phi) is 7.17. The van der Waals surface area contributed by atoms with Crippen molar-refractivity contribution in [1.82, 2.24) is 9.78 Å². The van der Waals surface area contributed by atoms with Gasteiger partial charge < -0.3 is 4.90 Å². The van der Waals surface area contributed by atoms with Gasteiger partial charge in [0.2, 0.25) is 0 Å². The summed E-state index contributed by atoms with van der Waals surface area (Å²) in [4.78, 5) is 5.99. The van der Waals surface area contributed by atoms with Crippen LogP contribution in [0.25, 0.3) is 44.2 Å². The lowest BCUT2D eigenvalue weighted by atomic mass is 9.73. The van der Waals surface area contributed by atoms with E-state index in [9.17, 15) is 5.26 Å². The summed E-state index contributed by atoms with van der Waals surface area (Å²) in [5.74, 6) is 0. The molecule has 0 spiro atoms. The maximum atomic E-state index is 9.78. The molecule has 7 aromatic rings. The summed E-state index contributed by atoms with van der Waals surface area (Å²) < 4.78 is 2.06. The van der Waals surface area contributed by atoms with Crippen LogP contribution in [0.3, 0.4) is 0 Å². The predicted molar refractivity (Wildman–Crippen MR) is 198 cm³/mol. The number of hydrogen-bond acceptors (Lipinski definition) is 3. The number of para-hydroxylation sites is 1. The van der Waals surface area contributed by atoms with Crippen LogP contribution in [0.15, 0.2) is 152 Å². The third-order valence-electron chi connectivity index (χ3n) is 9.46. The fourth-order valence-corrected chi connectivity index (χ4v) is 7.03. The Hall–Kier alpha value is -6.69. The molecule has 1 aromatic heterocycles. The third kappa shape index (κ3) is 4.97. The second-order valence-corrected chi connectivity index (χ2v) is 12.7. The van der Waals surface area contributed by atoms with Crippen molar-refractivity contribution in [1.29, 1.82) is 5.26 Å². The Labute approximate surface area is 286 Å². The molecule has 49 heavy (non-hydrogen) atoms. The number of nitriles is 1. The van der Waals surface area contributed by atoms with Gasteiger partial charge in [-0.05, 0) is 65.2 Å². The molecule has 0 saturated carbocycles. The van der Waals surface area contributed by atoms with Gasteiger partial charge in [0.1, 0.15) is 5.69 Å². The zero-order valence-corrected chi connectivity index (χ0v) is 27.2. The van der Waals surface area contributed by atoms with Crippen molar-refractivity contribution in [2.75, 3.05) is 4.90 Å². The molecule has 0 N–H and O–H groups in total. The summed E-state index contributed by atoms with van der Waals surface area (Å²) >= 11 is 0. The molecular weight excluding hydrogens is 599 g/mol. The minimum Gasteiger partial charge on any atom is -0.310 e. The van der Waals surface area contributed by atoms with E-state index in [2.05, 4.69) is 119 Å². The first-order valence-electron chi connectivity index (χ1n) is 16.2. The van der Waals surface area contributed by atoms with Gasteiger partial charge in [0.25, 0.3) is 0 Å². The lowest BCUT2D eigenvalue weighted by Crippen LogP contribution is -2.30. The normalized spacial score (nSPS) is 12.8. The molecule has 1 aliphatic rings. The highest BCUT2D eigenvalue weighted by atomic mass is 15.3. The van der Waals surface area contributed by atoms with Crippen LogP contribution < -0.4 is 4.90 Å². The van der Waals surface area contributed by atoms with Crippen molar-refractivity contribution < 1.29 is 0 Å². The monoisotopic (exact) mass is 629 g/mol. The van der Waals surface area contributed by atoms with Gasteiger partial charge in [0.15, 0.2) is 5.69 Å². The van der Waals surface area contributed by atoms with Gasteiger partial charge >= 0.3 is 0 Å². The van der Waals surface area contributed by atoms with Crippen molar-refractivity contribution in [3.8, 4) is 45.4 Å². The molecule has 0 atom stereocenters. The summed E-state index contributed by atoms with van der Waals surface area (Å²) in [7, 11) is 0. The molecule has 1 aliphatic heterocycles. The first kappa shape index (κ1) is 29.7. The fourth-order valence-electron chi connectivity index (χ4n) is 7.03. The van der Waals surface area contributed by atoms with Gasteiger partial charge in [-0.3, -0.25) is 0 Å². The number of fused-ring (bicyclic) bond motifs is 2. The second-order valence-electron chi connectivity index (χ2n) is 12.7. The summed E-state index contributed by atoms with van der Waals surface area (Å²) in [6.45, 7) is 12.0. The van der Waals surface area contributed by atoms with E-state index in [4.69, 9.17) is 11.7 Å². The Morgan fingerprint density at radius 3 is 1.86 bits per heavy atom. The van der Waals surface area contributed by atoms with Crippen LogP contribution in [-0.2, 0) is 5.41 Å². The maximum absolute atomic E-state index is 9.78.